The van der Waals surface area contributed by atoms with Gasteiger partial charge in [0.1, 0.15) is 11.8 Å². The maximum Gasteiger partial charge on any atom is 0.256 e. The van der Waals surface area contributed by atoms with E-state index in [0.29, 0.717) is 22.5 Å². The van der Waals surface area contributed by atoms with E-state index in [0.717, 1.165) is 5.56 Å². The van der Waals surface area contributed by atoms with Gasteiger partial charge in [0.2, 0.25) is 0 Å². The van der Waals surface area contributed by atoms with Gasteiger partial charge in [0.15, 0.2) is 11.5 Å². The van der Waals surface area contributed by atoms with Crippen LogP contribution in [0.2, 0.25) is 0 Å². The zero-order chi connectivity index (χ0) is 13.2. The Hall–Kier alpha value is -2.76. The van der Waals surface area contributed by atoms with Crippen LogP contribution in [0.5, 0.6) is 0 Å². The van der Waals surface area contributed by atoms with Crippen LogP contribution in [-0.4, -0.2) is 25.8 Å². The second-order valence-electron chi connectivity index (χ2n) is 4.15. The first-order valence-electron chi connectivity index (χ1n) is 5.76. The normalized spacial score (nSPS) is 10.6. The summed E-state index contributed by atoms with van der Waals surface area (Å²) >= 11 is 0. The van der Waals surface area contributed by atoms with Gasteiger partial charge in [0.05, 0.1) is 6.33 Å². The number of anilines is 1. The van der Waals surface area contributed by atoms with Crippen LogP contribution in [0.3, 0.4) is 0 Å². The molecule has 6 heteroatoms. The molecule has 0 saturated carbocycles. The van der Waals surface area contributed by atoms with Crippen LogP contribution < -0.4 is 5.32 Å². The molecule has 0 radical (unpaired) electrons. The lowest BCUT2D eigenvalue weighted by Gasteiger charge is -2.05. The van der Waals surface area contributed by atoms with Crippen molar-refractivity contribution < 1.29 is 4.79 Å². The van der Waals surface area contributed by atoms with Crippen LogP contribution >= 0.6 is 0 Å². The number of rotatable bonds is 2. The second-order valence-corrected chi connectivity index (χ2v) is 4.15. The number of aromatic amines is 1. The molecule has 94 valence electrons. The summed E-state index contributed by atoms with van der Waals surface area (Å²) in [6.07, 6.45) is 2.89. The summed E-state index contributed by atoms with van der Waals surface area (Å²) in [5.74, 6) is 0.215. The highest BCUT2D eigenvalue weighted by Gasteiger charge is 2.11. The number of hydrogen-bond donors (Lipinski definition) is 2. The van der Waals surface area contributed by atoms with Crippen LogP contribution in [0.25, 0.3) is 11.2 Å². The predicted molar refractivity (Wildman–Crippen MR) is 70.8 cm³/mol. The monoisotopic (exact) mass is 253 g/mol. The fourth-order valence-corrected chi connectivity index (χ4v) is 1.83. The molecule has 19 heavy (non-hydrogen) atoms. The Balaban J connectivity index is 1.93. The van der Waals surface area contributed by atoms with Crippen LogP contribution in [0.15, 0.2) is 36.9 Å². The van der Waals surface area contributed by atoms with Crippen molar-refractivity contribution in [2.75, 3.05) is 5.32 Å². The van der Waals surface area contributed by atoms with E-state index in [9.17, 15) is 4.79 Å². The highest BCUT2D eigenvalue weighted by Crippen LogP contribution is 2.15. The fraction of sp³-hybridized carbons (Fsp3) is 0.0769. The molecule has 0 unspecified atom stereocenters. The molecule has 0 atom stereocenters. The average Bonchev–Trinajstić information content (AvgIpc) is 2.88. The van der Waals surface area contributed by atoms with E-state index < -0.39 is 0 Å². The molecule has 6 nitrogen and oxygen atoms in total. The number of fused-ring (bicyclic) bond motifs is 1. The summed E-state index contributed by atoms with van der Waals surface area (Å²) in [5, 5.41) is 2.75. The van der Waals surface area contributed by atoms with Crippen LogP contribution in [-0.2, 0) is 0 Å². The number of nitrogens with zero attached hydrogens (tertiary/aromatic N) is 3. The fourth-order valence-electron chi connectivity index (χ4n) is 1.83. The Labute approximate surface area is 108 Å². The molecule has 3 rings (SSSR count). The summed E-state index contributed by atoms with van der Waals surface area (Å²) < 4.78 is 0. The Morgan fingerprint density at radius 1 is 1.26 bits per heavy atom. The van der Waals surface area contributed by atoms with E-state index in [2.05, 4.69) is 25.3 Å². The second kappa shape index (κ2) is 4.49. The Kier molecular flexibility index (Phi) is 2.68. The molecule has 0 saturated heterocycles. The van der Waals surface area contributed by atoms with Gasteiger partial charge in [-0.05, 0) is 19.1 Å². The van der Waals surface area contributed by atoms with E-state index in [1.54, 1.807) is 6.07 Å². The number of H-pyrrole nitrogens is 1. The van der Waals surface area contributed by atoms with Crippen molar-refractivity contribution in [3.8, 4) is 0 Å². The van der Waals surface area contributed by atoms with Gasteiger partial charge in [-0.25, -0.2) is 15.0 Å². The van der Waals surface area contributed by atoms with Crippen LogP contribution in [0, 0.1) is 6.92 Å². The van der Waals surface area contributed by atoms with Crippen molar-refractivity contribution in [3.05, 3.63) is 48.0 Å². The number of carbonyl (C=O) groups is 1. The average molecular weight is 253 g/mol. The Bertz CT molecular complexity index is 749. The Morgan fingerprint density at radius 2 is 2.16 bits per heavy atom. The number of aryl methyl sites for hydroxylation is 1. The van der Waals surface area contributed by atoms with Gasteiger partial charge in [-0.1, -0.05) is 17.7 Å². The number of amides is 1. The van der Waals surface area contributed by atoms with Crippen molar-refractivity contribution in [2.24, 2.45) is 0 Å². The molecule has 0 aliphatic carbocycles. The zero-order valence-corrected chi connectivity index (χ0v) is 10.2. The first kappa shape index (κ1) is 11.3. The number of hydrogen-bond acceptors (Lipinski definition) is 4. The largest absolute Gasteiger partial charge is 0.340 e. The van der Waals surface area contributed by atoms with Crippen LogP contribution in [0.1, 0.15) is 15.9 Å². The van der Waals surface area contributed by atoms with Crippen molar-refractivity contribution in [2.45, 2.75) is 6.92 Å². The van der Waals surface area contributed by atoms with Gasteiger partial charge < -0.3 is 10.3 Å². The summed E-state index contributed by atoms with van der Waals surface area (Å²) in [4.78, 5) is 27.1. The van der Waals surface area contributed by atoms with Crippen molar-refractivity contribution in [3.63, 3.8) is 0 Å². The summed E-state index contributed by atoms with van der Waals surface area (Å²) in [5.41, 5.74) is 2.76. The SMILES string of the molecule is Cc1cccc(C(=O)Nc2ncnc3nc[nH]c23)c1. The van der Waals surface area contributed by atoms with E-state index in [-0.39, 0.29) is 5.91 Å². The molecule has 0 aliphatic heterocycles. The molecule has 3 aromatic rings. The zero-order valence-electron chi connectivity index (χ0n) is 10.2. The molecule has 0 fully saturated rings. The third kappa shape index (κ3) is 2.15. The first-order valence-corrected chi connectivity index (χ1v) is 5.76. The van der Waals surface area contributed by atoms with E-state index in [4.69, 9.17) is 0 Å². The standard InChI is InChI=1S/C13H11N5O/c1-8-3-2-4-9(5-8)13(19)18-12-10-11(15-6-14-10)16-7-17-12/h2-7H,1H3,(H2,14,15,16,17,18,19). The van der Waals surface area contributed by atoms with Gasteiger partial charge in [-0.2, -0.15) is 0 Å². The van der Waals surface area contributed by atoms with Crippen molar-refractivity contribution >= 4 is 22.9 Å². The molecular weight excluding hydrogens is 242 g/mol. The third-order valence-electron chi connectivity index (χ3n) is 2.74. The minimum Gasteiger partial charge on any atom is -0.340 e. The molecule has 0 spiro atoms. The lowest BCUT2D eigenvalue weighted by Crippen LogP contribution is -2.13. The van der Waals surface area contributed by atoms with Gasteiger partial charge in [0.25, 0.3) is 5.91 Å². The third-order valence-corrected chi connectivity index (χ3v) is 2.74. The molecule has 2 heterocycles. The molecule has 0 bridgehead atoms. The van der Waals surface area contributed by atoms with E-state index in [1.807, 2.05) is 25.1 Å². The lowest BCUT2D eigenvalue weighted by molar-refractivity contribution is 0.102. The maximum atomic E-state index is 12.1. The predicted octanol–water partition coefficient (Wildman–Crippen LogP) is 1.91. The van der Waals surface area contributed by atoms with Gasteiger partial charge in [0, 0.05) is 5.56 Å². The van der Waals surface area contributed by atoms with Gasteiger partial charge in [-0.15, -0.1) is 0 Å². The van der Waals surface area contributed by atoms with Crippen molar-refractivity contribution in [1.82, 2.24) is 19.9 Å². The number of benzene rings is 1. The van der Waals surface area contributed by atoms with Crippen LogP contribution in [0.4, 0.5) is 5.82 Å². The van der Waals surface area contributed by atoms with Gasteiger partial charge in [-0.3, -0.25) is 4.79 Å². The summed E-state index contributed by atoms with van der Waals surface area (Å²) in [7, 11) is 0. The lowest BCUT2D eigenvalue weighted by atomic mass is 10.1. The molecule has 2 N–H and O–H groups in total. The van der Waals surface area contributed by atoms with Crippen molar-refractivity contribution in [1.29, 1.82) is 0 Å². The summed E-state index contributed by atoms with van der Waals surface area (Å²) in [6, 6.07) is 7.36. The highest BCUT2D eigenvalue weighted by atomic mass is 16.1. The minimum absolute atomic E-state index is 0.210. The highest BCUT2D eigenvalue weighted by molar-refractivity contribution is 6.06. The quantitative estimate of drug-likeness (QED) is 0.730. The summed E-state index contributed by atoms with van der Waals surface area (Å²) in [6.45, 7) is 1.94. The number of nitrogens with one attached hydrogen (secondary N) is 2. The molecule has 0 aliphatic rings. The molecule has 1 amide bonds. The minimum atomic E-state index is -0.210. The number of carbonyl (C=O) groups excluding carboxylic acids is 1. The number of imidazole rings is 1. The van der Waals surface area contributed by atoms with Gasteiger partial charge >= 0.3 is 0 Å². The van der Waals surface area contributed by atoms with E-state index in [1.165, 1.54) is 12.7 Å². The molecule has 1 aromatic carbocycles. The molecule has 2 aromatic heterocycles. The first-order chi connectivity index (χ1) is 9.24. The maximum absolute atomic E-state index is 12.1. The smallest absolute Gasteiger partial charge is 0.256 e. The number of aromatic nitrogens is 4. The molecular formula is C13H11N5O. The Morgan fingerprint density at radius 3 is 3.00 bits per heavy atom. The topological polar surface area (TPSA) is 83.6 Å². The van der Waals surface area contributed by atoms with E-state index >= 15 is 0 Å².